The largest absolute Gasteiger partial charge is 0.508 e. The van der Waals surface area contributed by atoms with Crippen LogP contribution in [-0.2, 0) is 11.8 Å². The number of aromatic hydroxyl groups is 1. The zero-order chi connectivity index (χ0) is 16.6. The van der Waals surface area contributed by atoms with Crippen molar-refractivity contribution in [3.05, 3.63) is 65.7 Å². The minimum atomic E-state index is 0. The maximum absolute atomic E-state index is 9.96. The Morgan fingerprint density at radius 1 is 1.12 bits per heavy atom. The summed E-state index contributed by atoms with van der Waals surface area (Å²) in [7, 11) is 0. The van der Waals surface area contributed by atoms with E-state index in [9.17, 15) is 5.11 Å². The molecule has 0 radical (unpaired) electrons. The number of hydrogen-bond donors (Lipinski definition) is 1. The molecule has 134 valence electrons. The quantitative estimate of drug-likeness (QED) is 0.837. The summed E-state index contributed by atoms with van der Waals surface area (Å²) < 4.78 is 0. The molecular formula is C22H28ClNO. The first kappa shape index (κ1) is 18.3. The Morgan fingerprint density at radius 2 is 1.92 bits per heavy atom. The lowest BCUT2D eigenvalue weighted by Gasteiger charge is -2.37. The summed E-state index contributed by atoms with van der Waals surface area (Å²) in [4.78, 5) is 2.74. The van der Waals surface area contributed by atoms with E-state index >= 15 is 0 Å². The van der Waals surface area contributed by atoms with E-state index in [0.29, 0.717) is 17.8 Å². The van der Waals surface area contributed by atoms with Crippen LogP contribution in [0.15, 0.2) is 54.6 Å². The summed E-state index contributed by atoms with van der Waals surface area (Å²) in [5, 5.41) is 9.96. The van der Waals surface area contributed by atoms with Crippen molar-refractivity contribution in [3.63, 3.8) is 0 Å². The molecule has 25 heavy (non-hydrogen) atoms. The van der Waals surface area contributed by atoms with Gasteiger partial charge in [0.1, 0.15) is 5.75 Å². The van der Waals surface area contributed by atoms with Gasteiger partial charge in [-0.2, -0.15) is 0 Å². The Kier molecular flexibility index (Phi) is 5.41. The first-order valence-electron chi connectivity index (χ1n) is 9.28. The van der Waals surface area contributed by atoms with Crippen molar-refractivity contribution in [3.8, 4) is 5.75 Å². The van der Waals surface area contributed by atoms with Gasteiger partial charge in [-0.05, 0) is 55.9 Å². The van der Waals surface area contributed by atoms with Gasteiger partial charge in [0.2, 0.25) is 0 Å². The fraction of sp³-hybridized carbons (Fsp3) is 0.455. The van der Waals surface area contributed by atoms with Gasteiger partial charge in [0, 0.05) is 24.0 Å². The third kappa shape index (κ3) is 3.30. The van der Waals surface area contributed by atoms with E-state index in [1.807, 2.05) is 12.1 Å². The molecule has 2 nitrogen and oxygen atoms in total. The molecule has 3 unspecified atom stereocenters. The van der Waals surface area contributed by atoms with Crippen molar-refractivity contribution >= 4 is 12.4 Å². The zero-order valence-corrected chi connectivity index (χ0v) is 15.7. The highest BCUT2D eigenvalue weighted by Gasteiger charge is 2.52. The van der Waals surface area contributed by atoms with Crippen LogP contribution in [0.25, 0.3) is 0 Å². The van der Waals surface area contributed by atoms with Crippen LogP contribution in [0.2, 0.25) is 0 Å². The van der Waals surface area contributed by atoms with Gasteiger partial charge in [0.05, 0.1) is 0 Å². The zero-order valence-electron chi connectivity index (χ0n) is 14.9. The Bertz CT molecular complexity index is 704. The van der Waals surface area contributed by atoms with Gasteiger partial charge in [-0.3, -0.25) is 4.90 Å². The molecule has 2 fully saturated rings. The molecule has 2 aliphatic rings. The fourth-order valence-electron chi connectivity index (χ4n) is 5.17. The fourth-order valence-corrected chi connectivity index (χ4v) is 5.17. The second-order valence-corrected chi connectivity index (χ2v) is 7.61. The Morgan fingerprint density at radius 3 is 2.68 bits per heavy atom. The lowest BCUT2D eigenvalue weighted by molar-refractivity contribution is 0.194. The van der Waals surface area contributed by atoms with Crippen LogP contribution in [0.5, 0.6) is 5.75 Å². The summed E-state index contributed by atoms with van der Waals surface area (Å²) in [6.45, 7) is 3.54. The maximum Gasteiger partial charge on any atom is 0.115 e. The molecule has 1 heterocycles. The van der Waals surface area contributed by atoms with Crippen molar-refractivity contribution in [2.24, 2.45) is 0 Å². The van der Waals surface area contributed by atoms with Gasteiger partial charge in [0.25, 0.3) is 0 Å². The number of fused-ring (bicyclic) bond motifs is 2. The number of hydrogen-bond acceptors (Lipinski definition) is 2. The molecular weight excluding hydrogens is 330 g/mol. The Labute approximate surface area is 157 Å². The third-order valence-electron chi connectivity index (χ3n) is 6.45. The number of halogens is 1. The molecule has 2 bridgehead atoms. The maximum atomic E-state index is 9.96. The lowest BCUT2D eigenvalue weighted by Crippen LogP contribution is -2.41. The summed E-state index contributed by atoms with van der Waals surface area (Å²) in [5.41, 5.74) is 2.98. The molecule has 1 N–H and O–H groups in total. The van der Waals surface area contributed by atoms with E-state index in [2.05, 4.69) is 48.2 Å². The molecule has 0 aromatic heterocycles. The average molecular weight is 358 g/mol. The summed E-state index contributed by atoms with van der Waals surface area (Å²) in [6.07, 6.45) is 6.23. The second kappa shape index (κ2) is 7.39. The SMILES string of the molecule is CC1N(CCc2ccccc2)C2CCCC1(c1cccc(O)c1)C2.Cl. The molecule has 3 heteroatoms. The predicted octanol–water partition coefficient (Wildman–Crippen LogP) is 4.94. The Balaban J connectivity index is 0.00000182. The van der Waals surface area contributed by atoms with E-state index < -0.39 is 0 Å². The van der Waals surface area contributed by atoms with Crippen molar-refractivity contribution in [2.75, 3.05) is 6.54 Å². The number of phenolic OH excluding ortho intramolecular Hbond substituents is 1. The molecule has 0 spiro atoms. The highest BCUT2D eigenvalue weighted by atomic mass is 35.5. The van der Waals surface area contributed by atoms with E-state index in [0.717, 1.165) is 13.0 Å². The molecule has 2 aromatic rings. The van der Waals surface area contributed by atoms with E-state index in [1.165, 1.54) is 36.8 Å². The van der Waals surface area contributed by atoms with Crippen LogP contribution in [0, 0.1) is 0 Å². The van der Waals surface area contributed by atoms with E-state index in [1.54, 1.807) is 6.07 Å². The van der Waals surface area contributed by atoms with Crippen LogP contribution < -0.4 is 0 Å². The number of likely N-dealkylation sites (tertiary alicyclic amines) is 1. The second-order valence-electron chi connectivity index (χ2n) is 7.61. The molecule has 0 amide bonds. The first-order valence-corrected chi connectivity index (χ1v) is 9.28. The van der Waals surface area contributed by atoms with Crippen LogP contribution in [0.3, 0.4) is 0 Å². The van der Waals surface area contributed by atoms with Gasteiger partial charge < -0.3 is 5.11 Å². The van der Waals surface area contributed by atoms with Gasteiger partial charge in [-0.25, -0.2) is 0 Å². The summed E-state index contributed by atoms with van der Waals surface area (Å²) in [5.74, 6) is 0.402. The minimum Gasteiger partial charge on any atom is -0.508 e. The first-order chi connectivity index (χ1) is 11.7. The molecule has 3 atom stereocenters. The van der Waals surface area contributed by atoms with Crippen molar-refractivity contribution in [2.45, 2.75) is 56.5 Å². The predicted molar refractivity (Wildman–Crippen MR) is 106 cm³/mol. The Hall–Kier alpha value is -1.51. The lowest BCUT2D eigenvalue weighted by atomic mass is 9.67. The number of benzene rings is 2. The van der Waals surface area contributed by atoms with Crippen molar-refractivity contribution in [1.29, 1.82) is 0 Å². The topological polar surface area (TPSA) is 23.5 Å². The minimum absolute atomic E-state index is 0. The monoisotopic (exact) mass is 357 g/mol. The molecule has 2 aromatic carbocycles. The molecule has 1 saturated carbocycles. The summed E-state index contributed by atoms with van der Waals surface area (Å²) >= 11 is 0. The van der Waals surface area contributed by atoms with E-state index in [-0.39, 0.29) is 17.8 Å². The number of rotatable bonds is 4. The normalized spacial score (nSPS) is 28.5. The van der Waals surface area contributed by atoms with Crippen LogP contribution in [0.4, 0.5) is 0 Å². The van der Waals surface area contributed by atoms with Gasteiger partial charge >= 0.3 is 0 Å². The molecule has 1 aliphatic heterocycles. The average Bonchev–Trinajstić information content (AvgIpc) is 2.81. The van der Waals surface area contributed by atoms with Crippen LogP contribution in [-0.4, -0.2) is 28.6 Å². The highest BCUT2D eigenvalue weighted by Crippen LogP contribution is 2.51. The summed E-state index contributed by atoms with van der Waals surface area (Å²) in [6, 6.07) is 20.1. The van der Waals surface area contributed by atoms with E-state index in [4.69, 9.17) is 0 Å². The standard InChI is InChI=1S/C22H27NO.ClH/c1-17-22(19-9-5-11-21(24)15-19)13-6-10-20(16-22)23(17)14-12-18-7-3-2-4-8-18;/h2-5,7-9,11,15,17,20,24H,6,10,12-14,16H2,1H3;1H. The number of nitrogens with zero attached hydrogens (tertiary/aromatic N) is 1. The molecule has 1 aliphatic carbocycles. The van der Waals surface area contributed by atoms with Crippen molar-refractivity contribution in [1.82, 2.24) is 4.90 Å². The van der Waals surface area contributed by atoms with Crippen molar-refractivity contribution < 1.29 is 5.11 Å². The van der Waals surface area contributed by atoms with Gasteiger partial charge in [0.15, 0.2) is 0 Å². The van der Waals surface area contributed by atoms with Crippen LogP contribution >= 0.6 is 12.4 Å². The molecule has 1 saturated heterocycles. The van der Waals surface area contributed by atoms with Gasteiger partial charge in [-0.1, -0.05) is 48.9 Å². The molecule has 4 rings (SSSR count). The third-order valence-corrected chi connectivity index (χ3v) is 6.45. The van der Waals surface area contributed by atoms with Crippen LogP contribution in [0.1, 0.15) is 43.7 Å². The smallest absolute Gasteiger partial charge is 0.115 e. The van der Waals surface area contributed by atoms with Gasteiger partial charge in [-0.15, -0.1) is 12.4 Å². The highest BCUT2D eigenvalue weighted by molar-refractivity contribution is 5.85. The number of phenols is 1.